The van der Waals surface area contributed by atoms with Gasteiger partial charge in [0, 0.05) is 12.2 Å². The number of halogens is 1. The Kier molecular flexibility index (Phi) is 6.63. The van der Waals surface area contributed by atoms with Gasteiger partial charge in [-0.25, -0.2) is 12.8 Å². The second kappa shape index (κ2) is 9.50. The average Bonchev–Trinajstić information content (AvgIpc) is 3.06. The number of carbonyl (C=O) groups excluding carboxylic acids is 1. The Labute approximate surface area is 205 Å². The van der Waals surface area contributed by atoms with Crippen LogP contribution in [-0.4, -0.2) is 18.9 Å². The van der Waals surface area contributed by atoms with Gasteiger partial charge in [-0.05, 0) is 74.2 Å². The van der Waals surface area contributed by atoms with Gasteiger partial charge in [0.25, 0.3) is 5.91 Å². The summed E-state index contributed by atoms with van der Waals surface area (Å²) >= 11 is 0. The van der Waals surface area contributed by atoms with Crippen LogP contribution in [0.4, 0.5) is 10.2 Å². The van der Waals surface area contributed by atoms with Crippen molar-refractivity contribution >= 4 is 21.6 Å². The molecule has 1 aromatic heterocycles. The Hall–Kier alpha value is -3.71. The molecule has 7 heteroatoms. The van der Waals surface area contributed by atoms with E-state index in [1.165, 1.54) is 18.2 Å². The maximum absolute atomic E-state index is 14.4. The van der Waals surface area contributed by atoms with E-state index in [0.29, 0.717) is 17.8 Å². The number of hydrogen-bond donors (Lipinski definition) is 1. The second-order valence-corrected chi connectivity index (χ2v) is 10.5. The summed E-state index contributed by atoms with van der Waals surface area (Å²) in [5.74, 6) is -1.28. The molecule has 0 saturated carbocycles. The average molecular weight is 491 g/mol. The minimum Gasteiger partial charge on any atom is -0.326 e. The molecule has 35 heavy (non-hydrogen) atoms. The molecular formula is C28H27FN2O3S. The van der Waals surface area contributed by atoms with Gasteiger partial charge in [-0.15, -0.1) is 0 Å². The molecular weight excluding hydrogens is 463 g/mol. The molecule has 1 heterocycles. The third-order valence-electron chi connectivity index (χ3n) is 6.36. The molecule has 0 aliphatic rings. The van der Waals surface area contributed by atoms with Crippen LogP contribution in [0.25, 0.3) is 0 Å². The number of sulfone groups is 1. The van der Waals surface area contributed by atoms with Crippen LogP contribution in [0.1, 0.15) is 38.3 Å². The molecule has 0 aliphatic heterocycles. The number of nitrogens with one attached hydrogen (secondary N) is 1. The normalized spacial score (nSPS) is 11.5. The lowest BCUT2D eigenvalue weighted by Gasteiger charge is -2.15. The summed E-state index contributed by atoms with van der Waals surface area (Å²) in [5.41, 5.74) is 3.82. The van der Waals surface area contributed by atoms with Crippen LogP contribution in [0.2, 0.25) is 0 Å². The number of aromatic nitrogens is 1. The van der Waals surface area contributed by atoms with Crippen LogP contribution in [0.3, 0.4) is 0 Å². The number of hydrogen-bond acceptors (Lipinski definition) is 3. The van der Waals surface area contributed by atoms with E-state index in [2.05, 4.69) is 5.32 Å². The topological polar surface area (TPSA) is 68.2 Å². The fraction of sp³-hybridized carbons (Fsp3) is 0.179. The van der Waals surface area contributed by atoms with E-state index in [1.807, 2.05) is 51.1 Å². The minimum absolute atomic E-state index is 0.0128. The maximum Gasteiger partial charge on any atom is 0.259 e. The summed E-state index contributed by atoms with van der Waals surface area (Å²) in [6.45, 7) is 7.65. The van der Waals surface area contributed by atoms with Crippen molar-refractivity contribution in [1.29, 1.82) is 0 Å². The van der Waals surface area contributed by atoms with E-state index < -0.39 is 21.6 Å². The zero-order valence-corrected chi connectivity index (χ0v) is 20.9. The Morgan fingerprint density at radius 1 is 0.886 bits per heavy atom. The Morgan fingerprint density at radius 2 is 1.54 bits per heavy atom. The van der Waals surface area contributed by atoms with Crippen molar-refractivity contribution < 1.29 is 17.6 Å². The van der Waals surface area contributed by atoms with E-state index in [4.69, 9.17) is 0 Å². The molecule has 1 amide bonds. The summed E-state index contributed by atoms with van der Waals surface area (Å²) in [6.07, 6.45) is 0. The lowest BCUT2D eigenvalue weighted by molar-refractivity contribution is 0.102. The predicted octanol–water partition coefficient (Wildman–Crippen LogP) is 5.99. The SMILES string of the molecule is Cc1ccc(S(=O)(=O)c2c(C)c(C)n(Cc3ccccc3)c2NC(=O)c2ccccc2F)cc1C. The van der Waals surface area contributed by atoms with Crippen molar-refractivity contribution in [3.8, 4) is 0 Å². The van der Waals surface area contributed by atoms with E-state index >= 15 is 0 Å². The number of aryl methyl sites for hydroxylation is 2. The van der Waals surface area contributed by atoms with Crippen LogP contribution in [0.5, 0.6) is 0 Å². The maximum atomic E-state index is 14.4. The molecule has 0 aliphatic carbocycles. The number of benzene rings is 3. The van der Waals surface area contributed by atoms with Crippen LogP contribution in [0.15, 0.2) is 82.6 Å². The first kappa shape index (κ1) is 24.4. The van der Waals surface area contributed by atoms with E-state index in [1.54, 1.807) is 35.8 Å². The van der Waals surface area contributed by atoms with Gasteiger partial charge >= 0.3 is 0 Å². The van der Waals surface area contributed by atoms with Gasteiger partial charge in [0.2, 0.25) is 9.84 Å². The molecule has 1 N–H and O–H groups in total. The third-order valence-corrected chi connectivity index (χ3v) is 8.28. The molecule has 0 bridgehead atoms. The van der Waals surface area contributed by atoms with Gasteiger partial charge in [-0.1, -0.05) is 48.5 Å². The van der Waals surface area contributed by atoms with Gasteiger partial charge < -0.3 is 9.88 Å². The van der Waals surface area contributed by atoms with Crippen molar-refractivity contribution in [2.24, 2.45) is 0 Å². The molecule has 5 nitrogen and oxygen atoms in total. The highest BCUT2D eigenvalue weighted by molar-refractivity contribution is 7.91. The van der Waals surface area contributed by atoms with Gasteiger partial charge in [-0.2, -0.15) is 0 Å². The number of amides is 1. The fourth-order valence-corrected chi connectivity index (χ4v) is 5.85. The van der Waals surface area contributed by atoms with Gasteiger partial charge in [0.15, 0.2) is 0 Å². The third kappa shape index (κ3) is 4.64. The fourth-order valence-electron chi connectivity index (χ4n) is 4.07. The second-order valence-electron chi connectivity index (χ2n) is 8.64. The number of nitrogens with zero attached hydrogens (tertiary/aromatic N) is 1. The van der Waals surface area contributed by atoms with E-state index in [-0.39, 0.29) is 21.2 Å². The van der Waals surface area contributed by atoms with Crippen molar-refractivity contribution in [3.05, 3.63) is 112 Å². The molecule has 0 atom stereocenters. The van der Waals surface area contributed by atoms with Crippen LogP contribution >= 0.6 is 0 Å². The molecule has 0 unspecified atom stereocenters. The van der Waals surface area contributed by atoms with Gasteiger partial charge in [0.05, 0.1) is 10.5 Å². The molecule has 4 aromatic rings. The lowest BCUT2D eigenvalue weighted by atomic mass is 10.1. The summed E-state index contributed by atoms with van der Waals surface area (Å²) in [7, 11) is -4.00. The highest BCUT2D eigenvalue weighted by atomic mass is 32.2. The van der Waals surface area contributed by atoms with Gasteiger partial charge in [0.1, 0.15) is 16.5 Å². The number of carbonyl (C=O) groups is 1. The highest BCUT2D eigenvalue weighted by Gasteiger charge is 2.31. The number of rotatable bonds is 6. The Morgan fingerprint density at radius 3 is 2.20 bits per heavy atom. The summed E-state index contributed by atoms with van der Waals surface area (Å²) in [5, 5.41) is 2.72. The molecule has 4 rings (SSSR count). The molecule has 3 aromatic carbocycles. The molecule has 0 spiro atoms. The van der Waals surface area contributed by atoms with Crippen LogP contribution in [-0.2, 0) is 16.4 Å². The van der Waals surface area contributed by atoms with Crippen molar-refractivity contribution in [1.82, 2.24) is 4.57 Å². The largest absolute Gasteiger partial charge is 0.326 e. The first-order chi connectivity index (χ1) is 16.6. The molecule has 0 saturated heterocycles. The predicted molar refractivity (Wildman–Crippen MR) is 135 cm³/mol. The first-order valence-corrected chi connectivity index (χ1v) is 12.7. The minimum atomic E-state index is -4.00. The number of anilines is 1. The summed E-state index contributed by atoms with van der Waals surface area (Å²) < 4.78 is 43.9. The highest BCUT2D eigenvalue weighted by Crippen LogP contribution is 2.36. The lowest BCUT2D eigenvalue weighted by Crippen LogP contribution is -2.19. The zero-order chi connectivity index (χ0) is 25.3. The van der Waals surface area contributed by atoms with E-state index in [0.717, 1.165) is 16.7 Å². The molecule has 0 fully saturated rings. The van der Waals surface area contributed by atoms with E-state index in [9.17, 15) is 17.6 Å². The zero-order valence-electron chi connectivity index (χ0n) is 20.1. The summed E-state index contributed by atoms with van der Waals surface area (Å²) in [4.78, 5) is 13.3. The smallest absolute Gasteiger partial charge is 0.259 e. The van der Waals surface area contributed by atoms with Crippen molar-refractivity contribution in [2.45, 2.75) is 44.0 Å². The van der Waals surface area contributed by atoms with Crippen LogP contribution < -0.4 is 5.32 Å². The Bertz CT molecular complexity index is 1520. The quantitative estimate of drug-likeness (QED) is 0.361. The Balaban J connectivity index is 1.91. The monoisotopic (exact) mass is 490 g/mol. The van der Waals surface area contributed by atoms with Gasteiger partial charge in [-0.3, -0.25) is 4.79 Å². The molecule has 180 valence electrons. The van der Waals surface area contributed by atoms with Crippen LogP contribution in [0, 0.1) is 33.5 Å². The van der Waals surface area contributed by atoms with Crippen molar-refractivity contribution in [2.75, 3.05) is 5.32 Å². The first-order valence-electron chi connectivity index (χ1n) is 11.2. The molecule has 0 radical (unpaired) electrons. The van der Waals surface area contributed by atoms with Crippen molar-refractivity contribution in [3.63, 3.8) is 0 Å². The summed E-state index contributed by atoms with van der Waals surface area (Å²) in [6, 6.07) is 20.1. The standard InChI is InChI=1S/C28H27FN2O3S/c1-18-14-15-23(16-19(18)2)35(33,34)26-20(3)21(4)31(17-22-10-6-5-7-11-22)27(26)30-28(32)24-12-8-9-13-25(24)29/h5-16H,17H2,1-4H3,(H,30,32).